The normalized spacial score (nSPS) is 12.6. The number of nitrogens with one attached hydrogen (secondary N) is 4. The van der Waals surface area contributed by atoms with Gasteiger partial charge in [0, 0.05) is 36.7 Å². The SMILES string of the molecule is CCCCCCCCCCCOc1ccc(C(=O)N[C@@H](Cc2ccc(O)cc2)C(=O)N[C@@H](Cc2ccc(O)cc2)C(=O)N[C@@H](Cc2cnc[nH]2)C(=O)O)cc1. The first-order chi connectivity index (χ1) is 26.6. The predicted molar refractivity (Wildman–Crippen MR) is 208 cm³/mol. The number of H-pyrrole nitrogens is 1. The van der Waals surface area contributed by atoms with Crippen LogP contribution in [0.4, 0.5) is 0 Å². The molecule has 3 aromatic carbocycles. The maximum Gasteiger partial charge on any atom is 0.326 e. The van der Waals surface area contributed by atoms with Crippen LogP contribution in [0.1, 0.15) is 91.9 Å². The van der Waals surface area contributed by atoms with Gasteiger partial charge in [-0.3, -0.25) is 14.4 Å². The molecule has 3 atom stereocenters. The van der Waals surface area contributed by atoms with E-state index >= 15 is 0 Å². The molecule has 0 radical (unpaired) electrons. The molecular formula is C42H53N5O8. The van der Waals surface area contributed by atoms with Gasteiger partial charge in [0.05, 0.1) is 12.9 Å². The van der Waals surface area contributed by atoms with Crippen LogP contribution < -0.4 is 20.7 Å². The molecule has 1 heterocycles. The van der Waals surface area contributed by atoms with Crippen molar-refractivity contribution in [2.24, 2.45) is 0 Å². The van der Waals surface area contributed by atoms with Gasteiger partial charge in [0.1, 0.15) is 35.4 Å². The van der Waals surface area contributed by atoms with Crippen molar-refractivity contribution in [3.05, 3.63) is 108 Å². The molecule has 13 nitrogen and oxygen atoms in total. The van der Waals surface area contributed by atoms with Crippen molar-refractivity contribution in [3.8, 4) is 17.2 Å². The molecule has 0 aliphatic carbocycles. The molecular weight excluding hydrogens is 702 g/mol. The van der Waals surface area contributed by atoms with Gasteiger partial charge in [0.15, 0.2) is 0 Å². The molecule has 55 heavy (non-hydrogen) atoms. The summed E-state index contributed by atoms with van der Waals surface area (Å²) in [6, 6.07) is 15.1. The highest BCUT2D eigenvalue weighted by atomic mass is 16.5. The Morgan fingerprint density at radius 2 is 1.16 bits per heavy atom. The first-order valence-corrected chi connectivity index (χ1v) is 19.0. The van der Waals surface area contributed by atoms with E-state index in [-0.39, 0.29) is 30.8 Å². The molecule has 7 N–H and O–H groups in total. The number of carbonyl (C=O) groups is 4. The lowest BCUT2D eigenvalue weighted by Gasteiger charge is -2.25. The zero-order valence-electron chi connectivity index (χ0n) is 31.3. The maximum absolute atomic E-state index is 14.0. The monoisotopic (exact) mass is 755 g/mol. The highest BCUT2D eigenvalue weighted by molar-refractivity contribution is 5.99. The second kappa shape index (κ2) is 22.4. The zero-order valence-corrected chi connectivity index (χ0v) is 31.3. The molecule has 0 aliphatic heterocycles. The number of imidazole rings is 1. The average Bonchev–Trinajstić information content (AvgIpc) is 3.70. The van der Waals surface area contributed by atoms with E-state index in [1.165, 1.54) is 81.7 Å². The van der Waals surface area contributed by atoms with Crippen LogP contribution in [-0.2, 0) is 33.6 Å². The fourth-order valence-corrected chi connectivity index (χ4v) is 6.06. The number of nitrogens with zero attached hydrogens (tertiary/aromatic N) is 1. The van der Waals surface area contributed by atoms with E-state index in [2.05, 4.69) is 32.8 Å². The van der Waals surface area contributed by atoms with Crippen LogP contribution >= 0.6 is 0 Å². The number of rotatable bonds is 24. The number of carboxylic acid groups (broad SMARTS) is 1. The lowest BCUT2D eigenvalue weighted by molar-refractivity contribution is -0.142. The van der Waals surface area contributed by atoms with Crippen molar-refractivity contribution in [2.45, 2.75) is 102 Å². The fourth-order valence-electron chi connectivity index (χ4n) is 6.06. The third-order valence-corrected chi connectivity index (χ3v) is 9.23. The van der Waals surface area contributed by atoms with E-state index < -0.39 is 41.8 Å². The standard InChI is InChI=1S/C42H53N5O8/c1-2-3-4-5-6-7-8-9-10-23-55-35-21-15-31(16-22-35)39(50)45-36(24-29-11-17-33(48)18-12-29)40(51)46-37(25-30-13-19-34(49)20-14-30)41(52)47-38(42(53)54)26-32-27-43-28-44-32/h11-22,27-28,36-38,48-49H,2-10,23-26H2,1H3,(H,43,44)(H,45,50)(H,46,51)(H,47,52)(H,53,54)/t36-,37-,38-/m0/s1. The summed E-state index contributed by atoms with van der Waals surface area (Å²) in [5.74, 6) is -2.60. The first-order valence-electron chi connectivity index (χ1n) is 19.0. The minimum Gasteiger partial charge on any atom is -0.508 e. The minimum atomic E-state index is -1.34. The molecule has 0 unspecified atom stereocenters. The zero-order chi connectivity index (χ0) is 39.4. The largest absolute Gasteiger partial charge is 0.508 e. The van der Waals surface area contributed by atoms with Crippen molar-refractivity contribution in [3.63, 3.8) is 0 Å². The van der Waals surface area contributed by atoms with E-state index in [0.29, 0.717) is 34.7 Å². The van der Waals surface area contributed by atoms with E-state index in [1.54, 1.807) is 48.5 Å². The number of amides is 3. The van der Waals surface area contributed by atoms with Gasteiger partial charge in [-0.05, 0) is 66.1 Å². The summed E-state index contributed by atoms with van der Waals surface area (Å²) in [5.41, 5.74) is 1.99. The number of phenols is 2. The average molecular weight is 756 g/mol. The van der Waals surface area contributed by atoms with Crippen LogP contribution in [0.2, 0.25) is 0 Å². The molecule has 294 valence electrons. The van der Waals surface area contributed by atoms with Crippen LogP contribution in [0.3, 0.4) is 0 Å². The van der Waals surface area contributed by atoms with Gasteiger partial charge in [0.2, 0.25) is 11.8 Å². The van der Waals surface area contributed by atoms with Gasteiger partial charge in [-0.25, -0.2) is 9.78 Å². The number of hydrogen-bond acceptors (Lipinski definition) is 8. The molecule has 4 rings (SSSR count). The number of benzene rings is 3. The summed E-state index contributed by atoms with van der Waals surface area (Å²) >= 11 is 0. The maximum atomic E-state index is 14.0. The summed E-state index contributed by atoms with van der Waals surface area (Å²) < 4.78 is 5.89. The summed E-state index contributed by atoms with van der Waals surface area (Å²) in [6.45, 7) is 2.80. The quantitative estimate of drug-likeness (QED) is 0.0444. The van der Waals surface area contributed by atoms with E-state index in [4.69, 9.17) is 4.74 Å². The number of phenolic OH excluding ortho intramolecular Hbond substituents is 2. The van der Waals surface area contributed by atoms with Crippen molar-refractivity contribution in [1.82, 2.24) is 25.9 Å². The lowest BCUT2D eigenvalue weighted by Crippen LogP contribution is -2.57. The second-order valence-corrected chi connectivity index (χ2v) is 13.7. The highest BCUT2D eigenvalue weighted by Crippen LogP contribution is 2.17. The van der Waals surface area contributed by atoms with Crippen molar-refractivity contribution >= 4 is 23.7 Å². The Labute approximate surface area is 321 Å². The van der Waals surface area contributed by atoms with Crippen LogP contribution in [0.15, 0.2) is 85.3 Å². The second-order valence-electron chi connectivity index (χ2n) is 13.7. The topological polar surface area (TPSA) is 203 Å². The van der Waals surface area contributed by atoms with Crippen molar-refractivity contribution in [2.75, 3.05) is 6.61 Å². The number of unbranched alkanes of at least 4 members (excludes halogenated alkanes) is 8. The Morgan fingerprint density at radius 3 is 1.67 bits per heavy atom. The number of aromatic hydroxyl groups is 2. The molecule has 0 saturated carbocycles. The molecule has 3 amide bonds. The number of aromatic nitrogens is 2. The summed E-state index contributed by atoms with van der Waals surface area (Å²) in [4.78, 5) is 60.0. The summed E-state index contributed by atoms with van der Waals surface area (Å²) in [7, 11) is 0. The van der Waals surface area contributed by atoms with Crippen LogP contribution in [0.25, 0.3) is 0 Å². The van der Waals surface area contributed by atoms with Crippen LogP contribution in [-0.4, -0.2) is 73.7 Å². The van der Waals surface area contributed by atoms with E-state index in [9.17, 15) is 34.5 Å². The highest BCUT2D eigenvalue weighted by Gasteiger charge is 2.30. The van der Waals surface area contributed by atoms with Gasteiger partial charge < -0.3 is 41.0 Å². The molecule has 0 saturated heterocycles. The third kappa shape index (κ3) is 14.8. The molecule has 13 heteroatoms. The third-order valence-electron chi connectivity index (χ3n) is 9.23. The summed E-state index contributed by atoms with van der Waals surface area (Å²) in [6.07, 6.45) is 13.6. The van der Waals surface area contributed by atoms with Crippen LogP contribution in [0.5, 0.6) is 17.2 Å². The number of hydrogen-bond donors (Lipinski definition) is 7. The fraction of sp³-hybridized carbons (Fsp3) is 0.405. The number of carbonyl (C=O) groups excluding carboxylic acids is 3. The van der Waals surface area contributed by atoms with Gasteiger partial charge >= 0.3 is 5.97 Å². The number of carboxylic acids is 1. The number of aromatic amines is 1. The van der Waals surface area contributed by atoms with Crippen LogP contribution in [0, 0.1) is 0 Å². The Balaban J connectivity index is 1.43. The predicted octanol–water partition coefficient (Wildman–Crippen LogP) is 5.61. The Bertz CT molecular complexity index is 1760. The Kier molecular flexibility index (Phi) is 17.1. The van der Waals surface area contributed by atoms with Crippen molar-refractivity contribution < 1.29 is 39.2 Å². The Hall–Kier alpha value is -5.85. The smallest absolute Gasteiger partial charge is 0.326 e. The van der Waals surface area contributed by atoms with Crippen molar-refractivity contribution in [1.29, 1.82) is 0 Å². The lowest BCUT2D eigenvalue weighted by atomic mass is 10.0. The van der Waals surface area contributed by atoms with Gasteiger partial charge in [-0.1, -0.05) is 82.6 Å². The molecule has 4 aromatic rings. The molecule has 0 aliphatic rings. The molecule has 0 spiro atoms. The summed E-state index contributed by atoms with van der Waals surface area (Å²) in [5, 5.41) is 37.5. The molecule has 1 aromatic heterocycles. The van der Waals surface area contributed by atoms with Gasteiger partial charge in [-0.15, -0.1) is 0 Å². The van der Waals surface area contributed by atoms with E-state index in [1.807, 2.05) is 0 Å². The molecule has 0 bridgehead atoms. The minimum absolute atomic E-state index is 0.00866. The molecule has 0 fully saturated rings. The number of ether oxygens (including phenoxy) is 1. The van der Waals surface area contributed by atoms with Gasteiger partial charge in [-0.2, -0.15) is 0 Å². The van der Waals surface area contributed by atoms with E-state index in [0.717, 1.165) is 12.8 Å². The van der Waals surface area contributed by atoms with Gasteiger partial charge in [0.25, 0.3) is 5.91 Å². The first kappa shape index (κ1) is 41.9. The Morgan fingerprint density at radius 1 is 0.655 bits per heavy atom. The number of aliphatic carboxylic acids is 1.